The van der Waals surface area contributed by atoms with Crippen LogP contribution in [0.25, 0.3) is 6.08 Å². The van der Waals surface area contributed by atoms with Gasteiger partial charge < -0.3 is 10.4 Å². The fraction of sp³-hybridized carbons (Fsp3) is 0.111. The Morgan fingerprint density at radius 2 is 2.04 bits per heavy atom. The van der Waals surface area contributed by atoms with E-state index >= 15 is 0 Å². The zero-order valence-electron chi connectivity index (χ0n) is 13.7. The van der Waals surface area contributed by atoms with Crippen molar-refractivity contribution in [2.75, 3.05) is 5.32 Å². The van der Waals surface area contributed by atoms with Gasteiger partial charge >= 0.3 is 5.69 Å². The third-order valence-corrected chi connectivity index (χ3v) is 4.38. The summed E-state index contributed by atoms with van der Waals surface area (Å²) in [4.78, 5) is 22.5. The number of anilines is 1. The van der Waals surface area contributed by atoms with E-state index < -0.39 is 22.3 Å². The largest absolute Gasteiger partial charge is 0.501 e. The molecule has 0 saturated heterocycles. The third-order valence-electron chi connectivity index (χ3n) is 3.56. The Morgan fingerprint density at radius 3 is 2.58 bits per heavy atom. The van der Waals surface area contributed by atoms with Crippen LogP contribution in [-0.4, -0.2) is 15.9 Å². The summed E-state index contributed by atoms with van der Waals surface area (Å²) in [5.74, 6) is -1.07. The first kappa shape index (κ1) is 19.4. The molecule has 0 bridgehead atoms. The summed E-state index contributed by atoms with van der Waals surface area (Å²) in [6, 6.07) is 11.6. The molecule has 26 heavy (non-hydrogen) atoms. The summed E-state index contributed by atoms with van der Waals surface area (Å²) in [5.41, 5.74) is 1.23. The number of halogens is 1. The second-order valence-electron chi connectivity index (χ2n) is 5.30. The number of hydrogen-bond donors (Lipinski definition) is 2. The van der Waals surface area contributed by atoms with Crippen LogP contribution in [-0.2, 0) is 11.2 Å². The third kappa shape index (κ3) is 4.58. The maximum atomic E-state index is 12.3. The predicted molar refractivity (Wildman–Crippen MR) is 106 cm³/mol. The Kier molecular flexibility index (Phi) is 6.30. The summed E-state index contributed by atoms with van der Waals surface area (Å²) < 4.78 is 0.246. The highest BCUT2D eigenvalue weighted by atomic mass is 127. The van der Waals surface area contributed by atoms with Crippen molar-refractivity contribution in [3.8, 4) is 11.8 Å². The van der Waals surface area contributed by atoms with Crippen LogP contribution in [0.2, 0.25) is 0 Å². The van der Waals surface area contributed by atoms with Gasteiger partial charge in [0.25, 0.3) is 5.91 Å². The number of amides is 1. The molecule has 132 valence electrons. The molecule has 0 atom stereocenters. The molecule has 0 aliphatic carbocycles. The fourth-order valence-electron chi connectivity index (χ4n) is 2.16. The lowest BCUT2D eigenvalue weighted by Crippen LogP contribution is -2.13. The molecule has 1 amide bonds. The monoisotopic (exact) mass is 463 g/mol. The van der Waals surface area contributed by atoms with Crippen LogP contribution in [0.4, 0.5) is 11.4 Å². The molecule has 0 saturated carbocycles. The molecule has 2 aromatic rings. The van der Waals surface area contributed by atoms with E-state index in [1.807, 2.05) is 19.1 Å². The molecule has 2 aromatic carbocycles. The standard InChI is InChI=1S/C18H14IN3O4/c1-2-11-3-5-14(6-4-11)21-18(24)13(10-20)7-12-8-15(19)17(23)16(9-12)22(25)26/h3-9,23H,2H2,1H3,(H,21,24). The molecule has 8 heteroatoms. The second-order valence-corrected chi connectivity index (χ2v) is 6.46. The SMILES string of the molecule is CCc1ccc(NC(=O)C(C#N)=Cc2cc(I)c(O)c([N+](=O)[O-])c2)cc1. The van der Waals surface area contributed by atoms with E-state index in [-0.39, 0.29) is 14.7 Å². The molecular weight excluding hydrogens is 449 g/mol. The van der Waals surface area contributed by atoms with E-state index in [0.29, 0.717) is 5.69 Å². The van der Waals surface area contributed by atoms with Crippen molar-refractivity contribution in [1.29, 1.82) is 5.26 Å². The van der Waals surface area contributed by atoms with Gasteiger partial charge in [0.15, 0.2) is 0 Å². The average Bonchev–Trinajstić information content (AvgIpc) is 2.62. The number of nitriles is 1. The zero-order chi connectivity index (χ0) is 19.3. The van der Waals surface area contributed by atoms with E-state index in [1.165, 1.54) is 12.1 Å². The van der Waals surface area contributed by atoms with Crippen molar-refractivity contribution in [2.24, 2.45) is 0 Å². The molecule has 7 nitrogen and oxygen atoms in total. The van der Waals surface area contributed by atoms with Crippen molar-refractivity contribution in [3.63, 3.8) is 0 Å². The van der Waals surface area contributed by atoms with E-state index in [0.717, 1.165) is 18.1 Å². The molecule has 0 heterocycles. The van der Waals surface area contributed by atoms with Crippen LogP contribution in [0, 0.1) is 25.0 Å². The van der Waals surface area contributed by atoms with Crippen molar-refractivity contribution in [1.82, 2.24) is 0 Å². The van der Waals surface area contributed by atoms with Gasteiger partial charge in [-0.15, -0.1) is 0 Å². The minimum absolute atomic E-state index is 0.208. The lowest BCUT2D eigenvalue weighted by molar-refractivity contribution is -0.386. The van der Waals surface area contributed by atoms with Crippen molar-refractivity contribution >= 4 is 45.9 Å². The van der Waals surface area contributed by atoms with E-state index in [1.54, 1.807) is 40.8 Å². The second kappa shape index (κ2) is 8.44. The van der Waals surface area contributed by atoms with Crippen LogP contribution >= 0.6 is 22.6 Å². The van der Waals surface area contributed by atoms with Crippen LogP contribution in [0.1, 0.15) is 18.1 Å². The summed E-state index contributed by atoms with van der Waals surface area (Å²) >= 11 is 1.74. The predicted octanol–water partition coefficient (Wildman–Crippen LogP) is 4.01. The van der Waals surface area contributed by atoms with Gasteiger partial charge in [-0.3, -0.25) is 14.9 Å². The number of benzene rings is 2. The van der Waals surface area contributed by atoms with Crippen molar-refractivity contribution in [3.05, 3.63) is 66.8 Å². The normalized spacial score (nSPS) is 10.9. The number of nitrogens with one attached hydrogen (secondary N) is 1. The summed E-state index contributed by atoms with van der Waals surface area (Å²) in [6.45, 7) is 2.02. The highest BCUT2D eigenvalue weighted by molar-refractivity contribution is 14.1. The van der Waals surface area contributed by atoms with Gasteiger partial charge in [-0.1, -0.05) is 19.1 Å². The van der Waals surface area contributed by atoms with Gasteiger partial charge in [0.2, 0.25) is 5.75 Å². The van der Waals surface area contributed by atoms with Crippen LogP contribution in [0.15, 0.2) is 42.0 Å². The van der Waals surface area contributed by atoms with Gasteiger partial charge in [0, 0.05) is 11.8 Å². The highest BCUT2D eigenvalue weighted by Crippen LogP contribution is 2.33. The number of nitrogens with zero attached hydrogens (tertiary/aromatic N) is 2. The first-order valence-electron chi connectivity index (χ1n) is 7.54. The van der Waals surface area contributed by atoms with Gasteiger partial charge in [0.05, 0.1) is 8.49 Å². The number of aryl methyl sites for hydroxylation is 1. The molecule has 2 rings (SSSR count). The van der Waals surface area contributed by atoms with Crippen molar-refractivity contribution < 1.29 is 14.8 Å². The number of aromatic hydroxyl groups is 1. The van der Waals surface area contributed by atoms with E-state index in [9.17, 15) is 25.3 Å². The van der Waals surface area contributed by atoms with Crippen molar-refractivity contribution in [2.45, 2.75) is 13.3 Å². The first-order chi connectivity index (χ1) is 12.3. The molecule has 0 spiro atoms. The minimum Gasteiger partial charge on any atom is -0.501 e. The van der Waals surface area contributed by atoms with Crippen LogP contribution in [0.5, 0.6) is 5.75 Å². The smallest absolute Gasteiger partial charge is 0.312 e. The molecule has 0 aromatic heterocycles. The summed E-state index contributed by atoms with van der Waals surface area (Å²) in [5, 5.41) is 32.6. The van der Waals surface area contributed by atoms with Gasteiger partial charge in [-0.2, -0.15) is 5.26 Å². The number of phenols is 1. The Morgan fingerprint density at radius 1 is 1.38 bits per heavy atom. The van der Waals surface area contributed by atoms with Gasteiger partial charge in [0.1, 0.15) is 11.6 Å². The topological polar surface area (TPSA) is 116 Å². The first-order valence-corrected chi connectivity index (χ1v) is 8.62. The lowest BCUT2D eigenvalue weighted by Gasteiger charge is -2.06. The molecule has 0 aliphatic rings. The number of hydrogen-bond acceptors (Lipinski definition) is 5. The van der Waals surface area contributed by atoms with Crippen LogP contribution < -0.4 is 5.32 Å². The Hall–Kier alpha value is -2.93. The minimum atomic E-state index is -0.726. The molecule has 0 fully saturated rings. The zero-order valence-corrected chi connectivity index (χ0v) is 15.9. The maximum Gasteiger partial charge on any atom is 0.312 e. The quantitative estimate of drug-likeness (QED) is 0.229. The number of nitro benzene ring substituents is 1. The molecule has 0 unspecified atom stereocenters. The average molecular weight is 463 g/mol. The molecule has 0 radical (unpaired) electrons. The summed E-state index contributed by atoms with van der Waals surface area (Å²) in [7, 11) is 0. The van der Waals surface area contributed by atoms with Crippen LogP contribution in [0.3, 0.4) is 0 Å². The number of carbonyl (C=O) groups is 1. The molecule has 0 aliphatic heterocycles. The Bertz CT molecular complexity index is 931. The Labute approximate surface area is 163 Å². The molecular formula is C18H14IN3O4. The number of carbonyl (C=O) groups excluding carboxylic acids is 1. The number of rotatable bonds is 5. The van der Waals surface area contributed by atoms with E-state index in [2.05, 4.69) is 5.32 Å². The van der Waals surface area contributed by atoms with Gasteiger partial charge in [-0.05, 0) is 64.4 Å². The number of phenolic OH excluding ortho intramolecular Hbond substituents is 1. The fourth-order valence-corrected chi connectivity index (χ4v) is 2.80. The summed E-state index contributed by atoms with van der Waals surface area (Å²) in [6.07, 6.45) is 2.11. The number of nitro groups is 1. The lowest BCUT2D eigenvalue weighted by atomic mass is 10.1. The van der Waals surface area contributed by atoms with Gasteiger partial charge in [-0.25, -0.2) is 0 Å². The maximum absolute atomic E-state index is 12.3. The highest BCUT2D eigenvalue weighted by Gasteiger charge is 2.18. The molecule has 2 N–H and O–H groups in total. The van der Waals surface area contributed by atoms with E-state index in [4.69, 9.17) is 0 Å². The Balaban J connectivity index is 2.30.